The molecule has 0 aliphatic heterocycles. The Hall–Kier alpha value is -1.63. The van der Waals surface area contributed by atoms with Gasteiger partial charge < -0.3 is 4.74 Å². The third-order valence-electron chi connectivity index (χ3n) is 2.56. The first kappa shape index (κ1) is 14.8. The summed E-state index contributed by atoms with van der Waals surface area (Å²) in [6.45, 7) is 0.147. The third-order valence-corrected chi connectivity index (χ3v) is 3.84. The van der Waals surface area contributed by atoms with Crippen LogP contribution < -0.4 is 9.88 Å². The second-order valence-corrected chi connectivity index (χ2v) is 6.01. The molecule has 0 fully saturated rings. The van der Waals surface area contributed by atoms with Crippen molar-refractivity contribution in [3.8, 4) is 5.75 Å². The van der Waals surface area contributed by atoms with Gasteiger partial charge in [0, 0.05) is 5.56 Å². The highest BCUT2D eigenvalue weighted by Gasteiger charge is 2.07. The van der Waals surface area contributed by atoms with Crippen molar-refractivity contribution in [3.63, 3.8) is 0 Å². The molecule has 7 heteroatoms. The molecule has 0 aliphatic carbocycles. The smallest absolute Gasteiger partial charge is 0.238 e. The first-order valence-corrected chi connectivity index (χ1v) is 7.48. The second kappa shape index (κ2) is 5.78. The van der Waals surface area contributed by atoms with E-state index in [4.69, 9.17) is 21.5 Å². The van der Waals surface area contributed by atoms with Crippen molar-refractivity contribution in [1.82, 2.24) is 0 Å². The van der Waals surface area contributed by atoms with Gasteiger partial charge in [0.05, 0.1) is 9.92 Å². The highest BCUT2D eigenvalue weighted by molar-refractivity contribution is 7.89. The van der Waals surface area contributed by atoms with E-state index >= 15 is 0 Å². The van der Waals surface area contributed by atoms with Gasteiger partial charge in [0.25, 0.3) is 0 Å². The fourth-order valence-corrected chi connectivity index (χ4v) is 2.26. The molecule has 0 heterocycles. The Morgan fingerprint density at radius 3 is 2.35 bits per heavy atom. The summed E-state index contributed by atoms with van der Waals surface area (Å²) in [6.07, 6.45) is 0. The number of sulfonamides is 1. The Labute approximate surface area is 121 Å². The number of hydrogen-bond acceptors (Lipinski definition) is 3. The van der Waals surface area contributed by atoms with E-state index in [2.05, 4.69) is 0 Å². The van der Waals surface area contributed by atoms with Crippen LogP contribution in [0.25, 0.3) is 0 Å². The van der Waals surface area contributed by atoms with E-state index in [1.54, 1.807) is 0 Å². The molecule has 0 aromatic heterocycles. The molecule has 20 heavy (non-hydrogen) atoms. The average Bonchev–Trinajstić information content (AvgIpc) is 2.37. The molecular formula is C13H11ClFNO3S. The molecule has 2 rings (SSSR count). The number of nitrogens with two attached hydrogens (primary N) is 1. The molecule has 0 bridgehead atoms. The van der Waals surface area contributed by atoms with Gasteiger partial charge in [-0.1, -0.05) is 17.7 Å². The van der Waals surface area contributed by atoms with Crippen molar-refractivity contribution in [1.29, 1.82) is 0 Å². The number of rotatable bonds is 4. The van der Waals surface area contributed by atoms with Crippen LogP contribution in [0, 0.1) is 5.82 Å². The quantitative estimate of drug-likeness (QED) is 0.943. The minimum Gasteiger partial charge on any atom is -0.489 e. The Morgan fingerprint density at radius 2 is 1.80 bits per heavy atom. The van der Waals surface area contributed by atoms with Crippen LogP contribution in [-0.2, 0) is 16.6 Å². The highest BCUT2D eigenvalue weighted by atomic mass is 35.5. The Bertz CT molecular complexity index is 717. The van der Waals surface area contributed by atoms with E-state index in [1.165, 1.54) is 42.5 Å². The van der Waals surface area contributed by atoms with Crippen molar-refractivity contribution < 1.29 is 17.5 Å². The minimum atomic E-state index is -3.72. The van der Waals surface area contributed by atoms with Crippen molar-refractivity contribution in [2.24, 2.45) is 5.14 Å². The summed E-state index contributed by atoms with van der Waals surface area (Å²) >= 11 is 5.86. The van der Waals surface area contributed by atoms with E-state index in [9.17, 15) is 12.8 Å². The van der Waals surface area contributed by atoms with Crippen LogP contribution in [0.4, 0.5) is 4.39 Å². The van der Waals surface area contributed by atoms with Gasteiger partial charge in [-0.2, -0.15) is 0 Å². The van der Waals surface area contributed by atoms with Gasteiger partial charge in [0.15, 0.2) is 0 Å². The molecule has 0 atom stereocenters. The first-order chi connectivity index (χ1) is 9.36. The maximum absolute atomic E-state index is 12.9. The monoisotopic (exact) mass is 315 g/mol. The minimum absolute atomic E-state index is 0.00432. The summed E-state index contributed by atoms with van der Waals surface area (Å²) in [5.74, 6) is 0.0362. The van der Waals surface area contributed by atoms with Gasteiger partial charge in [0.1, 0.15) is 18.2 Å². The van der Waals surface area contributed by atoms with E-state index < -0.39 is 15.8 Å². The van der Waals surface area contributed by atoms with E-state index in [0.717, 1.165) is 0 Å². The predicted octanol–water partition coefficient (Wildman–Crippen LogP) is 2.71. The van der Waals surface area contributed by atoms with E-state index in [-0.39, 0.29) is 16.5 Å². The predicted molar refractivity (Wildman–Crippen MR) is 73.6 cm³/mol. The van der Waals surface area contributed by atoms with Gasteiger partial charge in [-0.15, -0.1) is 0 Å². The fraction of sp³-hybridized carbons (Fsp3) is 0.0769. The lowest BCUT2D eigenvalue weighted by Crippen LogP contribution is -2.11. The highest BCUT2D eigenvalue weighted by Crippen LogP contribution is 2.20. The average molecular weight is 316 g/mol. The molecule has 0 unspecified atom stereocenters. The molecule has 0 saturated carbocycles. The number of halogens is 2. The topological polar surface area (TPSA) is 69.4 Å². The van der Waals surface area contributed by atoms with Crippen LogP contribution in [0.3, 0.4) is 0 Å². The lowest BCUT2D eigenvalue weighted by atomic mass is 10.2. The Kier molecular flexibility index (Phi) is 4.27. The zero-order valence-electron chi connectivity index (χ0n) is 10.2. The summed E-state index contributed by atoms with van der Waals surface area (Å²) in [5.41, 5.74) is 0.628. The number of benzene rings is 2. The van der Waals surface area contributed by atoms with Crippen LogP contribution >= 0.6 is 11.6 Å². The normalized spacial score (nSPS) is 11.3. The standard InChI is InChI=1S/C13H11ClFNO3S/c14-13-7-10(15)2-1-9(13)8-19-11-3-5-12(6-4-11)20(16,17)18/h1-7H,8H2,(H2,16,17,18). The van der Waals surface area contributed by atoms with Crippen LogP contribution in [0.15, 0.2) is 47.4 Å². The largest absolute Gasteiger partial charge is 0.489 e. The first-order valence-electron chi connectivity index (χ1n) is 5.56. The SMILES string of the molecule is NS(=O)(=O)c1ccc(OCc2ccc(F)cc2Cl)cc1. The van der Waals surface area contributed by atoms with Gasteiger partial charge in [-0.25, -0.2) is 17.9 Å². The second-order valence-electron chi connectivity index (χ2n) is 4.04. The lowest BCUT2D eigenvalue weighted by molar-refractivity contribution is 0.306. The molecule has 2 aromatic rings. The van der Waals surface area contributed by atoms with Crippen molar-refractivity contribution in [2.75, 3.05) is 0 Å². The summed E-state index contributed by atoms with van der Waals surface area (Å²) in [6, 6.07) is 9.66. The molecule has 0 amide bonds. The molecule has 106 valence electrons. The van der Waals surface area contributed by atoms with Gasteiger partial charge in [-0.05, 0) is 36.4 Å². The van der Waals surface area contributed by atoms with Crippen LogP contribution in [-0.4, -0.2) is 8.42 Å². The zero-order chi connectivity index (χ0) is 14.8. The van der Waals surface area contributed by atoms with Gasteiger partial charge >= 0.3 is 0 Å². The van der Waals surface area contributed by atoms with E-state index in [1.807, 2.05) is 0 Å². The molecule has 2 aromatic carbocycles. The van der Waals surface area contributed by atoms with Crippen molar-refractivity contribution in [2.45, 2.75) is 11.5 Å². The van der Waals surface area contributed by atoms with Gasteiger partial charge in [-0.3, -0.25) is 0 Å². The Balaban J connectivity index is 2.08. The fourth-order valence-electron chi connectivity index (χ4n) is 1.53. The molecular weight excluding hydrogens is 305 g/mol. The molecule has 2 N–H and O–H groups in total. The molecule has 4 nitrogen and oxygen atoms in total. The molecule has 0 radical (unpaired) electrons. The summed E-state index contributed by atoms with van der Waals surface area (Å²) in [7, 11) is -3.72. The van der Waals surface area contributed by atoms with E-state index in [0.29, 0.717) is 11.3 Å². The van der Waals surface area contributed by atoms with Crippen molar-refractivity contribution >= 4 is 21.6 Å². The van der Waals surface area contributed by atoms with Crippen LogP contribution in [0.2, 0.25) is 5.02 Å². The molecule has 0 saturated heterocycles. The third kappa shape index (κ3) is 3.69. The number of ether oxygens (including phenoxy) is 1. The number of hydrogen-bond donors (Lipinski definition) is 1. The maximum atomic E-state index is 12.9. The lowest BCUT2D eigenvalue weighted by Gasteiger charge is -2.08. The summed E-state index contributed by atoms with van der Waals surface area (Å²) in [4.78, 5) is 0.00432. The molecule has 0 spiro atoms. The molecule has 0 aliphatic rings. The summed E-state index contributed by atoms with van der Waals surface area (Å²) < 4.78 is 40.5. The zero-order valence-corrected chi connectivity index (χ0v) is 11.8. The van der Waals surface area contributed by atoms with Crippen LogP contribution in [0.5, 0.6) is 5.75 Å². The van der Waals surface area contributed by atoms with Crippen LogP contribution in [0.1, 0.15) is 5.56 Å². The summed E-state index contributed by atoms with van der Waals surface area (Å²) in [5, 5.41) is 5.25. The number of primary sulfonamides is 1. The van der Waals surface area contributed by atoms with Crippen molar-refractivity contribution in [3.05, 3.63) is 58.9 Å². The maximum Gasteiger partial charge on any atom is 0.238 e. The Morgan fingerprint density at radius 1 is 1.15 bits per heavy atom. The van der Waals surface area contributed by atoms with Gasteiger partial charge in [0.2, 0.25) is 10.0 Å².